The van der Waals surface area contributed by atoms with Gasteiger partial charge in [-0.3, -0.25) is 4.68 Å². The summed E-state index contributed by atoms with van der Waals surface area (Å²) >= 11 is 3.34. The molecule has 4 nitrogen and oxygen atoms in total. The van der Waals surface area contributed by atoms with E-state index in [1.54, 1.807) is 10.9 Å². The lowest BCUT2D eigenvalue weighted by molar-refractivity contribution is 0.542. The predicted molar refractivity (Wildman–Crippen MR) is 62.4 cm³/mol. The Morgan fingerprint density at radius 3 is 2.87 bits per heavy atom. The summed E-state index contributed by atoms with van der Waals surface area (Å²) in [5, 5.41) is 4.39. The van der Waals surface area contributed by atoms with E-state index in [1.165, 1.54) is 0 Å². The number of aromatic nitrogens is 2. The maximum Gasteiger partial charge on any atom is 0.178 e. The molecule has 80 valence electrons. The summed E-state index contributed by atoms with van der Waals surface area (Å²) in [5.74, 6) is 0.709. The van der Waals surface area contributed by atoms with Gasteiger partial charge in [0.05, 0.1) is 11.8 Å². The summed E-state index contributed by atoms with van der Waals surface area (Å²) < 4.78 is 7.57. The highest BCUT2D eigenvalue weighted by atomic mass is 79.9. The zero-order valence-electron chi connectivity index (χ0n) is 8.62. The molecular weight excluding hydrogens is 258 g/mol. The highest BCUT2D eigenvalue weighted by molar-refractivity contribution is 9.10. The van der Waals surface area contributed by atoms with Gasteiger partial charge < -0.3 is 10.2 Å². The van der Waals surface area contributed by atoms with Crippen LogP contribution in [0, 0.1) is 0 Å². The van der Waals surface area contributed by atoms with Crippen molar-refractivity contribution in [2.75, 3.05) is 5.73 Å². The van der Waals surface area contributed by atoms with Crippen LogP contribution in [-0.2, 0) is 13.5 Å². The van der Waals surface area contributed by atoms with E-state index < -0.39 is 0 Å². The molecule has 0 saturated carbocycles. The largest absolute Gasteiger partial charge is 0.457 e. The van der Waals surface area contributed by atoms with Crippen molar-refractivity contribution in [1.82, 2.24) is 9.78 Å². The first kappa shape index (κ1) is 10.3. The molecule has 0 saturated heterocycles. The van der Waals surface area contributed by atoms with Gasteiger partial charge in [-0.25, -0.2) is 0 Å². The fourth-order valence-corrected chi connectivity index (χ4v) is 2.04. The molecule has 0 aliphatic heterocycles. The van der Waals surface area contributed by atoms with Gasteiger partial charge >= 0.3 is 0 Å². The first-order valence-electron chi connectivity index (χ1n) is 4.69. The van der Waals surface area contributed by atoms with E-state index in [9.17, 15) is 0 Å². The zero-order valence-corrected chi connectivity index (χ0v) is 10.2. The normalized spacial score (nSPS) is 10.9. The Hall–Kier alpha value is -1.23. The summed E-state index contributed by atoms with van der Waals surface area (Å²) in [6.07, 6.45) is 2.48. The second kappa shape index (κ2) is 3.73. The maximum absolute atomic E-state index is 5.92. The Kier molecular flexibility index (Phi) is 2.56. The molecule has 2 aromatic heterocycles. The number of rotatable bonds is 2. The van der Waals surface area contributed by atoms with Gasteiger partial charge in [-0.2, -0.15) is 5.10 Å². The first-order valence-corrected chi connectivity index (χ1v) is 5.49. The molecule has 0 aliphatic rings. The third kappa shape index (κ3) is 1.56. The summed E-state index contributed by atoms with van der Waals surface area (Å²) in [4.78, 5) is 0. The summed E-state index contributed by atoms with van der Waals surface area (Å²) in [6.45, 7) is 2.06. The molecule has 15 heavy (non-hydrogen) atoms. The van der Waals surface area contributed by atoms with Crippen LogP contribution >= 0.6 is 15.9 Å². The number of aryl methyl sites for hydroxylation is 1. The molecule has 0 radical (unpaired) electrons. The van der Waals surface area contributed by atoms with Crippen LogP contribution in [0.5, 0.6) is 0 Å². The smallest absolute Gasteiger partial charge is 0.178 e. The highest BCUT2D eigenvalue weighted by Gasteiger charge is 2.17. The molecule has 2 aromatic rings. The van der Waals surface area contributed by atoms with Crippen LogP contribution in [0.15, 0.2) is 21.4 Å². The average molecular weight is 270 g/mol. The lowest BCUT2D eigenvalue weighted by atomic mass is 10.1. The number of hydrogen-bond acceptors (Lipinski definition) is 3. The van der Waals surface area contributed by atoms with Crippen molar-refractivity contribution in [3.05, 3.63) is 22.6 Å². The topological polar surface area (TPSA) is 57.0 Å². The summed E-state index contributed by atoms with van der Waals surface area (Å²) in [7, 11) is 1.84. The lowest BCUT2D eigenvalue weighted by Crippen LogP contribution is -1.98. The molecule has 0 spiro atoms. The number of nitrogen functional groups attached to an aromatic ring is 1. The number of furan rings is 1. The Morgan fingerprint density at radius 1 is 1.60 bits per heavy atom. The van der Waals surface area contributed by atoms with Gasteiger partial charge in [0.1, 0.15) is 11.5 Å². The van der Waals surface area contributed by atoms with Crippen LogP contribution in [0.3, 0.4) is 0 Å². The van der Waals surface area contributed by atoms with Crippen molar-refractivity contribution in [2.45, 2.75) is 13.3 Å². The molecule has 2 heterocycles. The molecule has 0 fully saturated rings. The Bertz CT molecular complexity index is 487. The van der Waals surface area contributed by atoms with E-state index >= 15 is 0 Å². The van der Waals surface area contributed by atoms with Crippen molar-refractivity contribution in [1.29, 1.82) is 0 Å². The van der Waals surface area contributed by atoms with E-state index in [4.69, 9.17) is 10.2 Å². The third-order valence-electron chi connectivity index (χ3n) is 2.42. The zero-order chi connectivity index (χ0) is 11.0. The van der Waals surface area contributed by atoms with Crippen LogP contribution in [0.2, 0.25) is 0 Å². The van der Waals surface area contributed by atoms with Gasteiger partial charge in [0.15, 0.2) is 4.67 Å². The van der Waals surface area contributed by atoms with Gasteiger partial charge in [0, 0.05) is 12.6 Å². The number of hydrogen-bond donors (Lipinski definition) is 1. The second-order valence-electron chi connectivity index (χ2n) is 3.30. The van der Waals surface area contributed by atoms with Gasteiger partial charge in [-0.15, -0.1) is 0 Å². The molecule has 0 unspecified atom stereocenters. The van der Waals surface area contributed by atoms with E-state index in [1.807, 2.05) is 13.1 Å². The van der Waals surface area contributed by atoms with Gasteiger partial charge in [0.2, 0.25) is 0 Å². The van der Waals surface area contributed by atoms with Crippen LogP contribution in [0.1, 0.15) is 12.5 Å². The van der Waals surface area contributed by atoms with Crippen LogP contribution < -0.4 is 5.73 Å². The monoisotopic (exact) mass is 269 g/mol. The Labute approximate surface area is 96.2 Å². The van der Waals surface area contributed by atoms with Crippen molar-refractivity contribution < 1.29 is 4.42 Å². The van der Waals surface area contributed by atoms with Gasteiger partial charge in [-0.1, -0.05) is 6.92 Å². The van der Waals surface area contributed by atoms with E-state index in [-0.39, 0.29) is 0 Å². The SMILES string of the molecule is CCc1c(-c2ccoc2Br)nn(C)c1N. The number of halogens is 1. The minimum atomic E-state index is 0.690. The average Bonchev–Trinajstić information content (AvgIpc) is 2.73. The lowest BCUT2D eigenvalue weighted by Gasteiger charge is -1.97. The number of nitrogens with zero attached hydrogens (tertiary/aromatic N) is 2. The highest BCUT2D eigenvalue weighted by Crippen LogP contribution is 2.33. The fourth-order valence-electron chi connectivity index (χ4n) is 1.61. The maximum atomic E-state index is 5.92. The van der Waals surface area contributed by atoms with Crippen LogP contribution in [-0.4, -0.2) is 9.78 Å². The third-order valence-corrected chi connectivity index (χ3v) is 3.03. The van der Waals surface area contributed by atoms with E-state index in [0.717, 1.165) is 23.2 Å². The van der Waals surface area contributed by atoms with Crippen LogP contribution in [0.4, 0.5) is 5.82 Å². The molecule has 5 heteroatoms. The molecule has 0 aromatic carbocycles. The quantitative estimate of drug-likeness (QED) is 0.912. The summed E-state index contributed by atoms with van der Waals surface area (Å²) in [5.41, 5.74) is 8.81. The van der Waals surface area contributed by atoms with Gasteiger partial charge in [0.25, 0.3) is 0 Å². The number of anilines is 1. The Balaban J connectivity index is 2.63. The molecule has 0 atom stereocenters. The minimum Gasteiger partial charge on any atom is -0.457 e. The van der Waals surface area contributed by atoms with Gasteiger partial charge in [-0.05, 0) is 28.4 Å². The minimum absolute atomic E-state index is 0.690. The standard InChI is InChI=1S/C10H12BrN3O/c1-3-6-8(13-14(2)10(6)12)7-4-5-15-9(7)11/h4-5H,3,12H2,1-2H3. The first-order chi connectivity index (χ1) is 7.15. The van der Waals surface area contributed by atoms with Crippen molar-refractivity contribution in [3.63, 3.8) is 0 Å². The predicted octanol–water partition coefficient (Wildman–Crippen LogP) is 2.59. The van der Waals surface area contributed by atoms with E-state index in [0.29, 0.717) is 10.5 Å². The van der Waals surface area contributed by atoms with Crippen LogP contribution in [0.25, 0.3) is 11.3 Å². The summed E-state index contributed by atoms with van der Waals surface area (Å²) in [6, 6.07) is 1.88. The molecule has 0 aliphatic carbocycles. The van der Waals surface area contributed by atoms with E-state index in [2.05, 4.69) is 28.0 Å². The number of nitrogens with two attached hydrogens (primary N) is 1. The molecular formula is C10H12BrN3O. The molecule has 2 rings (SSSR count). The Morgan fingerprint density at radius 2 is 2.33 bits per heavy atom. The van der Waals surface area contributed by atoms with Crippen molar-refractivity contribution >= 4 is 21.7 Å². The second-order valence-corrected chi connectivity index (χ2v) is 4.02. The fraction of sp³-hybridized carbons (Fsp3) is 0.300. The van der Waals surface area contributed by atoms with Crippen molar-refractivity contribution in [3.8, 4) is 11.3 Å². The van der Waals surface area contributed by atoms with Crippen molar-refractivity contribution in [2.24, 2.45) is 7.05 Å². The molecule has 2 N–H and O–H groups in total. The molecule has 0 bridgehead atoms. The molecule has 0 amide bonds.